The Morgan fingerprint density at radius 2 is 1.64 bits per heavy atom. The minimum absolute atomic E-state index is 0.723. The van der Waals surface area contributed by atoms with Crippen LogP contribution in [0.1, 0.15) is 5.56 Å². The van der Waals surface area contributed by atoms with Crippen molar-refractivity contribution < 1.29 is 0 Å². The summed E-state index contributed by atoms with van der Waals surface area (Å²) in [4.78, 5) is 11.1. The average molecular weight is 292 g/mol. The molecule has 3 aromatic rings. The molecule has 0 saturated carbocycles. The number of nitrogens with zero attached hydrogens (tertiary/aromatic N) is 3. The molecule has 0 unspecified atom stereocenters. The monoisotopic (exact) mass is 292 g/mol. The molecule has 4 heteroatoms. The summed E-state index contributed by atoms with van der Waals surface area (Å²) in [5, 5.41) is 4.51. The summed E-state index contributed by atoms with van der Waals surface area (Å²) >= 11 is 0. The maximum Gasteiger partial charge on any atom is 0.227 e. The summed E-state index contributed by atoms with van der Waals surface area (Å²) in [5.74, 6) is 1.62. The fourth-order valence-corrected chi connectivity index (χ4v) is 2.37. The molecule has 2 aromatic carbocycles. The first kappa shape index (κ1) is 14.3. The number of para-hydroxylation sites is 1. The molecule has 1 aromatic heterocycles. The van der Waals surface area contributed by atoms with Gasteiger partial charge in [0.1, 0.15) is 5.82 Å². The molecule has 22 heavy (non-hydrogen) atoms. The molecule has 0 atom stereocenters. The third-order valence-corrected chi connectivity index (χ3v) is 3.54. The van der Waals surface area contributed by atoms with E-state index in [1.54, 1.807) is 0 Å². The molecule has 0 aliphatic heterocycles. The number of rotatable bonds is 5. The zero-order valence-corrected chi connectivity index (χ0v) is 13.0. The normalized spacial score (nSPS) is 10.6. The van der Waals surface area contributed by atoms with E-state index in [0.29, 0.717) is 0 Å². The lowest BCUT2D eigenvalue weighted by Gasteiger charge is -2.14. The number of benzene rings is 2. The van der Waals surface area contributed by atoms with E-state index in [0.717, 1.165) is 35.6 Å². The van der Waals surface area contributed by atoms with Crippen molar-refractivity contribution in [2.75, 3.05) is 30.9 Å². The highest BCUT2D eigenvalue weighted by atomic mass is 15.2. The largest absolute Gasteiger partial charge is 0.369 e. The van der Waals surface area contributed by atoms with Crippen LogP contribution in [0.3, 0.4) is 0 Å². The van der Waals surface area contributed by atoms with Crippen molar-refractivity contribution in [3.05, 3.63) is 60.2 Å². The van der Waals surface area contributed by atoms with Crippen LogP contribution in [0.2, 0.25) is 0 Å². The molecule has 0 radical (unpaired) electrons. The smallest absolute Gasteiger partial charge is 0.227 e. The summed E-state index contributed by atoms with van der Waals surface area (Å²) in [7, 11) is 3.91. The Morgan fingerprint density at radius 1 is 0.909 bits per heavy atom. The van der Waals surface area contributed by atoms with Crippen LogP contribution >= 0.6 is 0 Å². The molecule has 0 aliphatic rings. The van der Waals surface area contributed by atoms with Gasteiger partial charge in [-0.15, -0.1) is 0 Å². The standard InChI is InChI=1S/C18H20N4/c1-22(2)18-20-16-11-7-6-10-15(16)17(21-18)19-13-12-14-8-4-3-5-9-14/h3-11H,12-13H2,1-2H3,(H,19,20,21). The van der Waals surface area contributed by atoms with Crippen molar-refractivity contribution in [2.45, 2.75) is 6.42 Å². The zero-order valence-electron chi connectivity index (χ0n) is 13.0. The minimum atomic E-state index is 0.723. The summed E-state index contributed by atoms with van der Waals surface area (Å²) < 4.78 is 0. The molecule has 0 spiro atoms. The number of hydrogen-bond acceptors (Lipinski definition) is 4. The predicted octanol–water partition coefficient (Wildman–Crippen LogP) is 3.35. The van der Waals surface area contributed by atoms with E-state index in [9.17, 15) is 0 Å². The van der Waals surface area contributed by atoms with Crippen LogP contribution in [0.15, 0.2) is 54.6 Å². The van der Waals surface area contributed by atoms with Gasteiger partial charge in [0.05, 0.1) is 5.52 Å². The highest BCUT2D eigenvalue weighted by Crippen LogP contribution is 2.22. The predicted molar refractivity (Wildman–Crippen MR) is 92.5 cm³/mol. The van der Waals surface area contributed by atoms with E-state index in [1.165, 1.54) is 5.56 Å². The number of hydrogen-bond donors (Lipinski definition) is 1. The molecule has 1 N–H and O–H groups in total. The first-order valence-electron chi connectivity index (χ1n) is 7.46. The lowest BCUT2D eigenvalue weighted by molar-refractivity contribution is 0.982. The summed E-state index contributed by atoms with van der Waals surface area (Å²) in [5.41, 5.74) is 2.28. The quantitative estimate of drug-likeness (QED) is 0.783. The van der Waals surface area contributed by atoms with Gasteiger partial charge < -0.3 is 10.2 Å². The summed E-state index contributed by atoms with van der Waals surface area (Å²) in [6.45, 7) is 0.845. The molecule has 112 valence electrons. The third-order valence-electron chi connectivity index (χ3n) is 3.54. The van der Waals surface area contributed by atoms with Gasteiger partial charge in [0.25, 0.3) is 0 Å². The van der Waals surface area contributed by atoms with Crippen LogP contribution in [0.25, 0.3) is 10.9 Å². The molecule has 1 heterocycles. The Balaban J connectivity index is 1.82. The molecular weight excluding hydrogens is 272 g/mol. The minimum Gasteiger partial charge on any atom is -0.369 e. The zero-order chi connectivity index (χ0) is 15.4. The van der Waals surface area contributed by atoms with Crippen molar-refractivity contribution in [1.82, 2.24) is 9.97 Å². The topological polar surface area (TPSA) is 41.1 Å². The number of anilines is 2. The average Bonchev–Trinajstić information content (AvgIpc) is 2.55. The molecular formula is C18H20N4. The molecule has 4 nitrogen and oxygen atoms in total. The molecule has 0 saturated heterocycles. The Labute approximate surface area is 130 Å². The van der Waals surface area contributed by atoms with Gasteiger partial charge in [-0.1, -0.05) is 42.5 Å². The van der Waals surface area contributed by atoms with E-state index in [4.69, 9.17) is 0 Å². The van der Waals surface area contributed by atoms with Crippen LogP contribution in [0.4, 0.5) is 11.8 Å². The van der Waals surface area contributed by atoms with Gasteiger partial charge in [-0.2, -0.15) is 4.98 Å². The Hall–Kier alpha value is -2.62. The fourth-order valence-electron chi connectivity index (χ4n) is 2.37. The van der Waals surface area contributed by atoms with Gasteiger partial charge in [-0.3, -0.25) is 0 Å². The van der Waals surface area contributed by atoms with Crippen LogP contribution in [-0.2, 0) is 6.42 Å². The van der Waals surface area contributed by atoms with Crippen molar-refractivity contribution in [1.29, 1.82) is 0 Å². The Kier molecular flexibility index (Phi) is 4.19. The van der Waals surface area contributed by atoms with E-state index >= 15 is 0 Å². The lowest BCUT2D eigenvalue weighted by atomic mass is 10.1. The van der Waals surface area contributed by atoms with Crippen molar-refractivity contribution in [3.8, 4) is 0 Å². The van der Waals surface area contributed by atoms with Crippen LogP contribution < -0.4 is 10.2 Å². The lowest BCUT2D eigenvalue weighted by Crippen LogP contribution is -2.15. The molecule has 0 fully saturated rings. The van der Waals surface area contributed by atoms with Crippen molar-refractivity contribution in [2.24, 2.45) is 0 Å². The Morgan fingerprint density at radius 3 is 2.41 bits per heavy atom. The van der Waals surface area contributed by atoms with Gasteiger partial charge in [0.15, 0.2) is 0 Å². The van der Waals surface area contributed by atoms with Gasteiger partial charge in [0.2, 0.25) is 5.95 Å². The van der Waals surface area contributed by atoms with E-state index < -0.39 is 0 Å². The SMILES string of the molecule is CN(C)c1nc(NCCc2ccccc2)c2ccccc2n1. The van der Waals surface area contributed by atoms with Gasteiger partial charge in [0, 0.05) is 26.0 Å². The summed E-state index contributed by atoms with van der Waals surface area (Å²) in [6.07, 6.45) is 0.969. The first-order valence-corrected chi connectivity index (χ1v) is 7.46. The second-order valence-corrected chi connectivity index (χ2v) is 5.45. The second kappa shape index (κ2) is 6.43. The number of aromatic nitrogens is 2. The maximum absolute atomic E-state index is 4.64. The van der Waals surface area contributed by atoms with E-state index in [1.807, 2.05) is 43.3 Å². The van der Waals surface area contributed by atoms with Gasteiger partial charge in [-0.05, 0) is 24.1 Å². The third kappa shape index (κ3) is 3.17. The fraction of sp³-hybridized carbons (Fsp3) is 0.222. The molecule has 3 rings (SSSR count). The van der Waals surface area contributed by atoms with Crippen molar-refractivity contribution in [3.63, 3.8) is 0 Å². The van der Waals surface area contributed by atoms with Crippen LogP contribution in [-0.4, -0.2) is 30.6 Å². The highest BCUT2D eigenvalue weighted by Gasteiger charge is 2.08. The van der Waals surface area contributed by atoms with Crippen molar-refractivity contribution >= 4 is 22.7 Å². The van der Waals surface area contributed by atoms with E-state index in [-0.39, 0.29) is 0 Å². The van der Waals surface area contributed by atoms with E-state index in [2.05, 4.69) is 45.6 Å². The van der Waals surface area contributed by atoms with Gasteiger partial charge >= 0.3 is 0 Å². The first-order chi connectivity index (χ1) is 10.7. The number of fused-ring (bicyclic) bond motifs is 1. The maximum atomic E-state index is 4.64. The number of nitrogens with one attached hydrogen (secondary N) is 1. The summed E-state index contributed by atoms with van der Waals surface area (Å²) in [6, 6.07) is 18.6. The Bertz CT molecular complexity index is 753. The second-order valence-electron chi connectivity index (χ2n) is 5.45. The molecule has 0 aliphatic carbocycles. The molecule has 0 bridgehead atoms. The van der Waals surface area contributed by atoms with Crippen LogP contribution in [0, 0.1) is 0 Å². The van der Waals surface area contributed by atoms with Gasteiger partial charge in [-0.25, -0.2) is 4.98 Å². The van der Waals surface area contributed by atoms with Crippen LogP contribution in [0.5, 0.6) is 0 Å². The highest BCUT2D eigenvalue weighted by molar-refractivity contribution is 5.90. The molecule has 0 amide bonds.